The summed E-state index contributed by atoms with van der Waals surface area (Å²) in [7, 11) is -3.22. The average Bonchev–Trinajstić information content (AvgIpc) is 2.60. The molecule has 0 aliphatic carbocycles. The maximum Gasteiger partial charge on any atom is 0.321 e. The first-order chi connectivity index (χ1) is 12.7. The molecule has 0 bridgehead atoms. The minimum atomic E-state index is -3.22. The van der Waals surface area contributed by atoms with Crippen LogP contribution >= 0.6 is 0 Å². The third kappa shape index (κ3) is 5.16. The number of piperidine rings is 1. The van der Waals surface area contributed by atoms with Crippen LogP contribution < -0.4 is 15.4 Å². The molecule has 0 spiro atoms. The quantitative estimate of drug-likeness (QED) is 0.714. The number of hydrogen-bond donors (Lipinski definition) is 3. The highest BCUT2D eigenvalue weighted by Gasteiger charge is 2.25. The number of amides is 3. The minimum Gasteiger partial charge on any atom is -0.326 e. The Kier molecular flexibility index (Phi) is 5.66. The molecule has 3 amide bonds. The fourth-order valence-corrected chi connectivity index (χ4v) is 3.84. The van der Waals surface area contributed by atoms with Crippen molar-refractivity contribution >= 4 is 33.3 Å². The SMILES string of the molecule is CS(=O)(=O)NCC1CCN(C(=O)Nc2cc3c(cc2F)NC(=O)CC3)CC1. The maximum atomic E-state index is 14.3. The van der Waals surface area contributed by atoms with Gasteiger partial charge in [-0.1, -0.05) is 0 Å². The van der Waals surface area contributed by atoms with Crippen molar-refractivity contribution in [2.24, 2.45) is 5.92 Å². The summed E-state index contributed by atoms with van der Waals surface area (Å²) in [6.45, 7) is 1.31. The lowest BCUT2D eigenvalue weighted by molar-refractivity contribution is -0.116. The van der Waals surface area contributed by atoms with E-state index in [2.05, 4.69) is 15.4 Å². The summed E-state index contributed by atoms with van der Waals surface area (Å²) in [6, 6.07) is 2.40. The molecule has 2 heterocycles. The molecule has 0 radical (unpaired) electrons. The van der Waals surface area contributed by atoms with Gasteiger partial charge >= 0.3 is 6.03 Å². The highest BCUT2D eigenvalue weighted by molar-refractivity contribution is 7.88. The van der Waals surface area contributed by atoms with Crippen molar-refractivity contribution in [1.29, 1.82) is 0 Å². The van der Waals surface area contributed by atoms with E-state index < -0.39 is 15.8 Å². The molecule has 27 heavy (non-hydrogen) atoms. The summed E-state index contributed by atoms with van der Waals surface area (Å²) in [5.74, 6) is -0.573. The second-order valence-electron chi connectivity index (χ2n) is 7.02. The van der Waals surface area contributed by atoms with E-state index in [0.29, 0.717) is 51.0 Å². The van der Waals surface area contributed by atoms with E-state index in [0.717, 1.165) is 11.8 Å². The first-order valence-corrected chi connectivity index (χ1v) is 10.7. The minimum absolute atomic E-state index is 0.0933. The lowest BCUT2D eigenvalue weighted by Gasteiger charge is -2.32. The van der Waals surface area contributed by atoms with Crippen molar-refractivity contribution in [2.75, 3.05) is 36.5 Å². The van der Waals surface area contributed by atoms with Gasteiger partial charge in [0, 0.05) is 31.7 Å². The fourth-order valence-electron chi connectivity index (χ4n) is 3.30. The number of carbonyl (C=O) groups excluding carboxylic acids is 2. The largest absolute Gasteiger partial charge is 0.326 e. The van der Waals surface area contributed by atoms with Gasteiger partial charge in [0.2, 0.25) is 15.9 Å². The van der Waals surface area contributed by atoms with Crippen molar-refractivity contribution < 1.29 is 22.4 Å². The molecule has 148 valence electrons. The van der Waals surface area contributed by atoms with E-state index in [1.807, 2.05) is 0 Å². The number of aryl methyl sites for hydroxylation is 1. The normalized spacial score (nSPS) is 18.0. The van der Waals surface area contributed by atoms with Gasteiger partial charge in [0.05, 0.1) is 11.9 Å². The third-order valence-corrected chi connectivity index (χ3v) is 5.56. The lowest BCUT2D eigenvalue weighted by atomic mass is 9.97. The van der Waals surface area contributed by atoms with Crippen LogP contribution in [0, 0.1) is 11.7 Å². The molecule has 10 heteroatoms. The summed E-state index contributed by atoms with van der Waals surface area (Å²) in [5, 5.41) is 5.22. The Morgan fingerprint density at radius 1 is 1.30 bits per heavy atom. The Hall–Kier alpha value is -2.20. The second kappa shape index (κ2) is 7.81. The van der Waals surface area contributed by atoms with Crippen LogP contribution in [0.25, 0.3) is 0 Å². The number of nitrogens with one attached hydrogen (secondary N) is 3. The fraction of sp³-hybridized carbons (Fsp3) is 0.529. The first-order valence-electron chi connectivity index (χ1n) is 8.84. The molecule has 1 saturated heterocycles. The number of rotatable bonds is 4. The van der Waals surface area contributed by atoms with Crippen LogP contribution in [0.2, 0.25) is 0 Å². The van der Waals surface area contributed by atoms with Crippen molar-refractivity contribution in [2.45, 2.75) is 25.7 Å². The summed E-state index contributed by atoms with van der Waals surface area (Å²) in [5.41, 5.74) is 1.33. The molecule has 8 nitrogen and oxygen atoms in total. The Bertz CT molecular complexity index is 851. The monoisotopic (exact) mass is 398 g/mol. The Morgan fingerprint density at radius 2 is 2.00 bits per heavy atom. The second-order valence-corrected chi connectivity index (χ2v) is 8.85. The molecule has 3 N–H and O–H groups in total. The summed E-state index contributed by atoms with van der Waals surface area (Å²) in [6.07, 6.45) is 3.31. The van der Waals surface area contributed by atoms with Crippen LogP contribution in [-0.2, 0) is 21.2 Å². The molecule has 0 saturated carbocycles. The summed E-state index contributed by atoms with van der Waals surface area (Å²) < 4.78 is 39.1. The molecule has 0 aromatic heterocycles. The molecule has 0 unspecified atom stereocenters. The Balaban J connectivity index is 1.56. The zero-order valence-electron chi connectivity index (χ0n) is 15.0. The van der Waals surface area contributed by atoms with Crippen LogP contribution in [0.1, 0.15) is 24.8 Å². The van der Waals surface area contributed by atoms with Crippen LogP contribution in [0.4, 0.5) is 20.6 Å². The van der Waals surface area contributed by atoms with Crippen LogP contribution in [-0.4, -0.2) is 51.1 Å². The number of sulfonamides is 1. The number of anilines is 2. The predicted molar refractivity (Wildman–Crippen MR) is 99.5 cm³/mol. The zero-order chi connectivity index (χ0) is 19.6. The van der Waals surface area contributed by atoms with Gasteiger partial charge in [-0.25, -0.2) is 22.3 Å². The average molecular weight is 398 g/mol. The summed E-state index contributed by atoms with van der Waals surface area (Å²) in [4.78, 5) is 25.4. The summed E-state index contributed by atoms with van der Waals surface area (Å²) >= 11 is 0. The molecule has 1 fully saturated rings. The third-order valence-electron chi connectivity index (χ3n) is 4.87. The van der Waals surface area contributed by atoms with Crippen molar-refractivity contribution in [3.8, 4) is 0 Å². The van der Waals surface area contributed by atoms with Crippen molar-refractivity contribution in [3.05, 3.63) is 23.5 Å². The van der Waals surface area contributed by atoms with Gasteiger partial charge in [-0.05, 0) is 42.9 Å². The Morgan fingerprint density at radius 3 is 2.67 bits per heavy atom. The van der Waals surface area contributed by atoms with Crippen LogP contribution in [0.5, 0.6) is 0 Å². The van der Waals surface area contributed by atoms with Gasteiger partial charge < -0.3 is 15.5 Å². The molecule has 2 aliphatic heterocycles. The molecule has 0 atom stereocenters. The van der Waals surface area contributed by atoms with E-state index in [9.17, 15) is 22.4 Å². The van der Waals surface area contributed by atoms with Crippen LogP contribution in [0.15, 0.2) is 12.1 Å². The number of hydrogen-bond acceptors (Lipinski definition) is 4. The van der Waals surface area contributed by atoms with E-state index in [1.165, 1.54) is 6.07 Å². The first kappa shape index (κ1) is 19.6. The molecule has 2 aliphatic rings. The Labute approximate surface area is 157 Å². The van der Waals surface area contributed by atoms with Gasteiger partial charge in [-0.2, -0.15) is 0 Å². The number of carbonyl (C=O) groups is 2. The van der Waals surface area contributed by atoms with Gasteiger partial charge in [-0.15, -0.1) is 0 Å². The van der Waals surface area contributed by atoms with E-state index in [4.69, 9.17) is 0 Å². The van der Waals surface area contributed by atoms with Gasteiger partial charge in [0.15, 0.2) is 0 Å². The highest BCUT2D eigenvalue weighted by Crippen LogP contribution is 2.29. The molecule has 1 aromatic carbocycles. The number of likely N-dealkylation sites (tertiary alicyclic amines) is 1. The standard InChI is InChI=1S/C17H23FN4O4S/c1-27(25,26)19-10-11-4-6-22(7-5-11)17(24)21-15-8-12-2-3-16(23)20-14(12)9-13(15)18/h8-9,11,19H,2-7,10H2,1H3,(H,20,23)(H,21,24). The number of fused-ring (bicyclic) bond motifs is 1. The lowest BCUT2D eigenvalue weighted by Crippen LogP contribution is -2.43. The number of halogens is 1. The van der Waals surface area contributed by atoms with Crippen LogP contribution in [0.3, 0.4) is 0 Å². The molecular weight excluding hydrogens is 375 g/mol. The topological polar surface area (TPSA) is 108 Å². The smallest absolute Gasteiger partial charge is 0.321 e. The van der Waals surface area contributed by atoms with Gasteiger partial charge in [0.25, 0.3) is 0 Å². The predicted octanol–water partition coefficient (Wildman–Crippen LogP) is 1.50. The van der Waals surface area contributed by atoms with Gasteiger partial charge in [-0.3, -0.25) is 4.79 Å². The zero-order valence-corrected chi connectivity index (χ0v) is 15.9. The highest BCUT2D eigenvalue weighted by atomic mass is 32.2. The number of nitrogens with zero attached hydrogens (tertiary/aromatic N) is 1. The van der Waals surface area contributed by atoms with E-state index >= 15 is 0 Å². The number of benzene rings is 1. The number of urea groups is 1. The molecule has 1 aromatic rings. The molecule has 3 rings (SSSR count). The van der Waals surface area contributed by atoms with Gasteiger partial charge in [0.1, 0.15) is 5.82 Å². The maximum absolute atomic E-state index is 14.3. The van der Waals surface area contributed by atoms with Crippen molar-refractivity contribution in [1.82, 2.24) is 9.62 Å². The van der Waals surface area contributed by atoms with E-state index in [1.54, 1.807) is 11.0 Å². The van der Waals surface area contributed by atoms with Crippen molar-refractivity contribution in [3.63, 3.8) is 0 Å². The molecular formula is C17H23FN4O4S. The van der Waals surface area contributed by atoms with E-state index in [-0.39, 0.29) is 23.5 Å².